The van der Waals surface area contributed by atoms with E-state index in [0.717, 1.165) is 31.7 Å². The summed E-state index contributed by atoms with van der Waals surface area (Å²) in [6, 6.07) is 8.34. The van der Waals surface area contributed by atoms with Gasteiger partial charge in [-0.05, 0) is 29.2 Å². The van der Waals surface area contributed by atoms with Gasteiger partial charge in [-0.15, -0.1) is 0 Å². The predicted octanol–water partition coefficient (Wildman–Crippen LogP) is 1.95. The highest BCUT2D eigenvalue weighted by Crippen LogP contribution is 2.26. The molecular weight excluding hydrogens is 402 g/mol. The van der Waals surface area contributed by atoms with Crippen LogP contribution in [0.2, 0.25) is 0 Å². The summed E-state index contributed by atoms with van der Waals surface area (Å²) in [6.45, 7) is 9.26. The summed E-state index contributed by atoms with van der Waals surface area (Å²) >= 11 is 0. The number of carbonyl (C=O) groups is 1. The summed E-state index contributed by atoms with van der Waals surface area (Å²) in [5.41, 5.74) is 1.56. The van der Waals surface area contributed by atoms with Crippen molar-refractivity contribution in [2.45, 2.75) is 31.1 Å². The molecule has 3 N–H and O–H groups in total. The molecule has 1 fully saturated rings. The highest BCUT2D eigenvalue weighted by molar-refractivity contribution is 7.92. The minimum atomic E-state index is -3.81. The summed E-state index contributed by atoms with van der Waals surface area (Å²) in [5.74, 6) is 0.236. The summed E-state index contributed by atoms with van der Waals surface area (Å²) in [5, 5.41) is 5.86. The van der Waals surface area contributed by atoms with Crippen LogP contribution in [-0.4, -0.2) is 52.5 Å². The van der Waals surface area contributed by atoms with Crippen molar-refractivity contribution in [1.29, 1.82) is 0 Å². The fourth-order valence-corrected chi connectivity index (χ4v) is 4.33. The molecule has 3 rings (SSSR count). The SMILES string of the molecule is CNC(=O)c1cc(NS(=O)(=O)c2ccc(C(C)(C)C)cc2)cnc1N1CCNCC1. The molecule has 30 heavy (non-hydrogen) atoms. The Balaban J connectivity index is 1.89. The number of anilines is 2. The minimum Gasteiger partial charge on any atom is -0.355 e. The Morgan fingerprint density at radius 3 is 2.33 bits per heavy atom. The molecule has 0 unspecified atom stereocenters. The molecule has 9 heteroatoms. The first kappa shape index (κ1) is 22.0. The van der Waals surface area contributed by atoms with Gasteiger partial charge in [0.25, 0.3) is 15.9 Å². The molecule has 1 aromatic heterocycles. The first-order chi connectivity index (χ1) is 14.1. The predicted molar refractivity (Wildman–Crippen MR) is 119 cm³/mol. The second-order valence-corrected chi connectivity index (χ2v) is 9.97. The summed E-state index contributed by atoms with van der Waals surface area (Å²) < 4.78 is 28.2. The molecule has 0 spiro atoms. The van der Waals surface area contributed by atoms with Gasteiger partial charge in [0.2, 0.25) is 0 Å². The number of nitrogens with one attached hydrogen (secondary N) is 3. The Labute approximate surface area is 178 Å². The largest absolute Gasteiger partial charge is 0.355 e. The normalized spacial score (nSPS) is 15.0. The van der Waals surface area contributed by atoms with Crippen LogP contribution in [0, 0.1) is 0 Å². The number of rotatable bonds is 5. The van der Waals surface area contributed by atoms with Crippen molar-refractivity contribution in [3.05, 3.63) is 47.7 Å². The zero-order valence-corrected chi connectivity index (χ0v) is 18.6. The van der Waals surface area contributed by atoms with Crippen LogP contribution < -0.4 is 20.3 Å². The zero-order valence-electron chi connectivity index (χ0n) is 17.8. The van der Waals surface area contributed by atoms with Crippen LogP contribution in [-0.2, 0) is 15.4 Å². The molecule has 0 atom stereocenters. The third-order valence-corrected chi connectivity index (χ3v) is 6.43. The maximum absolute atomic E-state index is 12.8. The Hall–Kier alpha value is -2.65. The average molecular weight is 432 g/mol. The van der Waals surface area contributed by atoms with E-state index in [1.165, 1.54) is 19.3 Å². The molecule has 2 aromatic rings. The van der Waals surface area contributed by atoms with E-state index in [4.69, 9.17) is 0 Å². The topological polar surface area (TPSA) is 103 Å². The summed E-state index contributed by atoms with van der Waals surface area (Å²) in [4.78, 5) is 19.0. The van der Waals surface area contributed by atoms with Gasteiger partial charge in [-0.25, -0.2) is 13.4 Å². The van der Waals surface area contributed by atoms with Crippen molar-refractivity contribution in [2.75, 3.05) is 42.8 Å². The third kappa shape index (κ3) is 4.91. The summed E-state index contributed by atoms with van der Waals surface area (Å²) in [6.07, 6.45) is 1.45. The number of piperazine rings is 1. The van der Waals surface area contributed by atoms with E-state index < -0.39 is 10.0 Å². The molecule has 1 aliphatic heterocycles. The van der Waals surface area contributed by atoms with Gasteiger partial charge in [0.1, 0.15) is 5.82 Å². The number of carbonyl (C=O) groups excluding carboxylic acids is 1. The van der Waals surface area contributed by atoms with Crippen LogP contribution in [0.15, 0.2) is 41.4 Å². The van der Waals surface area contributed by atoms with E-state index in [1.807, 2.05) is 17.0 Å². The standard InChI is InChI=1S/C21H29N5O3S/c1-21(2,3)15-5-7-17(8-6-15)30(28,29)25-16-13-18(20(27)22-4)19(24-14-16)26-11-9-23-10-12-26/h5-8,13-14,23,25H,9-12H2,1-4H3,(H,22,27). The Morgan fingerprint density at radius 1 is 1.13 bits per heavy atom. The molecule has 162 valence electrons. The molecule has 0 saturated carbocycles. The molecule has 1 aliphatic rings. The maximum atomic E-state index is 12.8. The van der Waals surface area contributed by atoms with Crippen LogP contribution in [0.3, 0.4) is 0 Å². The lowest BCUT2D eigenvalue weighted by Gasteiger charge is -2.29. The fraction of sp³-hybridized carbons (Fsp3) is 0.429. The molecule has 2 heterocycles. The minimum absolute atomic E-state index is 0.0676. The second kappa shape index (κ2) is 8.61. The van der Waals surface area contributed by atoms with E-state index in [1.54, 1.807) is 12.1 Å². The highest BCUT2D eigenvalue weighted by Gasteiger charge is 2.22. The maximum Gasteiger partial charge on any atom is 0.261 e. The third-order valence-electron chi connectivity index (χ3n) is 5.04. The van der Waals surface area contributed by atoms with Gasteiger partial charge in [0, 0.05) is 33.2 Å². The van der Waals surface area contributed by atoms with Crippen molar-refractivity contribution in [1.82, 2.24) is 15.6 Å². The lowest BCUT2D eigenvalue weighted by Crippen LogP contribution is -2.44. The van der Waals surface area contributed by atoms with Crippen molar-refractivity contribution in [2.24, 2.45) is 0 Å². The number of aromatic nitrogens is 1. The summed E-state index contributed by atoms with van der Waals surface area (Å²) in [7, 11) is -2.27. The Bertz CT molecular complexity index is 1010. The molecule has 0 bridgehead atoms. The van der Waals surface area contributed by atoms with Crippen LogP contribution >= 0.6 is 0 Å². The van der Waals surface area contributed by atoms with Gasteiger partial charge in [-0.3, -0.25) is 9.52 Å². The lowest BCUT2D eigenvalue weighted by molar-refractivity contribution is 0.0963. The van der Waals surface area contributed by atoms with Gasteiger partial charge in [0.15, 0.2) is 0 Å². The quantitative estimate of drug-likeness (QED) is 0.669. The number of amides is 1. The van der Waals surface area contributed by atoms with Crippen molar-refractivity contribution in [3.8, 4) is 0 Å². The molecule has 0 radical (unpaired) electrons. The fourth-order valence-electron chi connectivity index (χ4n) is 3.29. The van der Waals surface area contributed by atoms with Crippen molar-refractivity contribution in [3.63, 3.8) is 0 Å². The number of sulfonamides is 1. The molecule has 1 aromatic carbocycles. The van der Waals surface area contributed by atoms with Gasteiger partial charge < -0.3 is 15.5 Å². The molecular formula is C21H29N5O3S. The van der Waals surface area contributed by atoms with E-state index in [2.05, 4.69) is 41.1 Å². The van der Waals surface area contributed by atoms with E-state index in [-0.39, 0.29) is 21.9 Å². The molecule has 1 amide bonds. The van der Waals surface area contributed by atoms with Gasteiger partial charge >= 0.3 is 0 Å². The second-order valence-electron chi connectivity index (χ2n) is 8.29. The van der Waals surface area contributed by atoms with Crippen LogP contribution in [0.4, 0.5) is 11.5 Å². The number of benzene rings is 1. The van der Waals surface area contributed by atoms with E-state index in [0.29, 0.717) is 11.4 Å². The monoisotopic (exact) mass is 431 g/mol. The van der Waals surface area contributed by atoms with Crippen LogP contribution in [0.1, 0.15) is 36.7 Å². The molecule has 8 nitrogen and oxygen atoms in total. The first-order valence-electron chi connectivity index (χ1n) is 9.93. The van der Waals surface area contributed by atoms with Crippen molar-refractivity contribution >= 4 is 27.4 Å². The number of nitrogens with zero attached hydrogens (tertiary/aromatic N) is 2. The van der Waals surface area contributed by atoms with Crippen LogP contribution in [0.25, 0.3) is 0 Å². The van der Waals surface area contributed by atoms with E-state index >= 15 is 0 Å². The number of hydrogen-bond acceptors (Lipinski definition) is 6. The van der Waals surface area contributed by atoms with Crippen molar-refractivity contribution < 1.29 is 13.2 Å². The highest BCUT2D eigenvalue weighted by atomic mass is 32.2. The lowest BCUT2D eigenvalue weighted by atomic mass is 9.87. The van der Waals surface area contributed by atoms with Gasteiger partial charge in [0.05, 0.1) is 22.3 Å². The zero-order chi connectivity index (χ0) is 21.9. The first-order valence-corrected chi connectivity index (χ1v) is 11.4. The molecule has 1 saturated heterocycles. The van der Waals surface area contributed by atoms with Crippen LogP contribution in [0.5, 0.6) is 0 Å². The Kier molecular flexibility index (Phi) is 6.33. The van der Waals surface area contributed by atoms with Gasteiger partial charge in [-0.1, -0.05) is 32.9 Å². The molecule has 0 aliphatic carbocycles. The number of hydrogen-bond donors (Lipinski definition) is 3. The van der Waals surface area contributed by atoms with Gasteiger partial charge in [-0.2, -0.15) is 0 Å². The Morgan fingerprint density at radius 2 is 1.77 bits per heavy atom. The number of pyridine rings is 1. The smallest absolute Gasteiger partial charge is 0.261 e. The average Bonchev–Trinajstić information content (AvgIpc) is 2.73. The van der Waals surface area contributed by atoms with E-state index in [9.17, 15) is 13.2 Å².